The zero-order valence-electron chi connectivity index (χ0n) is 13.1. The van der Waals surface area contributed by atoms with Crippen molar-refractivity contribution in [3.8, 4) is 0 Å². The molecule has 1 saturated heterocycles. The highest BCUT2D eigenvalue weighted by atomic mass is 35.5. The summed E-state index contributed by atoms with van der Waals surface area (Å²) in [6, 6.07) is 4.79. The molecule has 20 heavy (non-hydrogen) atoms. The molecule has 0 saturated carbocycles. The summed E-state index contributed by atoms with van der Waals surface area (Å²) in [7, 11) is 0. The normalized spacial score (nSPS) is 29.6. The first-order valence-electron chi connectivity index (χ1n) is 7.71. The van der Waals surface area contributed by atoms with E-state index >= 15 is 0 Å². The Bertz CT molecular complexity index is 434. The van der Waals surface area contributed by atoms with Crippen LogP contribution >= 0.6 is 22.9 Å². The van der Waals surface area contributed by atoms with Gasteiger partial charge in [-0.05, 0) is 31.4 Å². The van der Waals surface area contributed by atoms with Crippen LogP contribution in [0.5, 0.6) is 0 Å². The molecular weight excluding hydrogens is 288 g/mol. The van der Waals surface area contributed by atoms with Crippen molar-refractivity contribution in [1.82, 2.24) is 10.2 Å². The third-order valence-electron chi connectivity index (χ3n) is 4.99. The summed E-state index contributed by atoms with van der Waals surface area (Å²) in [5.74, 6) is 0.728. The maximum atomic E-state index is 6.07. The molecular formula is C16H27ClN2S. The minimum atomic E-state index is 0.250. The lowest BCUT2D eigenvalue weighted by molar-refractivity contribution is 0.0302. The van der Waals surface area contributed by atoms with Crippen LogP contribution in [0.1, 0.15) is 45.4 Å². The summed E-state index contributed by atoms with van der Waals surface area (Å²) in [5, 5.41) is 3.77. The van der Waals surface area contributed by atoms with Crippen LogP contribution in [0.25, 0.3) is 0 Å². The molecule has 0 radical (unpaired) electrons. The number of rotatable bonds is 5. The predicted molar refractivity (Wildman–Crippen MR) is 89.7 cm³/mol. The van der Waals surface area contributed by atoms with E-state index in [2.05, 4.69) is 44.0 Å². The van der Waals surface area contributed by atoms with E-state index in [0.29, 0.717) is 6.04 Å². The van der Waals surface area contributed by atoms with Crippen LogP contribution in [0.4, 0.5) is 0 Å². The average molecular weight is 315 g/mol. The number of hydrogen-bond donors (Lipinski definition) is 1. The first-order chi connectivity index (χ1) is 9.48. The molecule has 114 valence electrons. The second kappa shape index (κ2) is 6.78. The van der Waals surface area contributed by atoms with Crippen LogP contribution in [0.15, 0.2) is 12.1 Å². The molecule has 0 aromatic carbocycles. The molecule has 0 bridgehead atoms. The van der Waals surface area contributed by atoms with E-state index in [-0.39, 0.29) is 5.54 Å². The molecule has 0 amide bonds. The van der Waals surface area contributed by atoms with Gasteiger partial charge >= 0.3 is 0 Å². The van der Waals surface area contributed by atoms with Gasteiger partial charge in [-0.1, -0.05) is 38.8 Å². The smallest absolute Gasteiger partial charge is 0.0931 e. The third-order valence-corrected chi connectivity index (χ3v) is 6.21. The summed E-state index contributed by atoms with van der Waals surface area (Å²) in [4.78, 5) is 4.03. The molecule has 1 fully saturated rings. The van der Waals surface area contributed by atoms with Crippen molar-refractivity contribution in [3.05, 3.63) is 21.3 Å². The Morgan fingerprint density at radius 3 is 2.80 bits per heavy atom. The van der Waals surface area contributed by atoms with Crippen molar-refractivity contribution in [3.63, 3.8) is 0 Å². The average Bonchev–Trinajstić information content (AvgIpc) is 2.86. The van der Waals surface area contributed by atoms with E-state index in [1.807, 2.05) is 6.07 Å². The zero-order valence-corrected chi connectivity index (χ0v) is 14.7. The lowest BCUT2D eigenvalue weighted by Crippen LogP contribution is -2.63. The quantitative estimate of drug-likeness (QED) is 0.867. The van der Waals surface area contributed by atoms with Gasteiger partial charge in [0.25, 0.3) is 0 Å². The van der Waals surface area contributed by atoms with E-state index in [9.17, 15) is 0 Å². The van der Waals surface area contributed by atoms with Crippen LogP contribution in [0.3, 0.4) is 0 Å². The van der Waals surface area contributed by atoms with Gasteiger partial charge in [0.15, 0.2) is 0 Å². The standard InChI is InChI=1S/C16H27ClN2S/c1-5-12(3)14-10-19(16(4,6-2)11-18-14)9-13-7-8-15(17)20-13/h7-8,12,14,18H,5-6,9-11H2,1-4H3. The maximum Gasteiger partial charge on any atom is 0.0931 e. The Morgan fingerprint density at radius 1 is 1.50 bits per heavy atom. The Morgan fingerprint density at radius 2 is 2.25 bits per heavy atom. The van der Waals surface area contributed by atoms with Gasteiger partial charge in [-0.2, -0.15) is 0 Å². The fourth-order valence-corrected chi connectivity index (χ4v) is 3.98. The van der Waals surface area contributed by atoms with Gasteiger partial charge in [0, 0.05) is 36.1 Å². The van der Waals surface area contributed by atoms with Crippen molar-refractivity contribution in [2.75, 3.05) is 13.1 Å². The second-order valence-corrected chi connectivity index (χ2v) is 8.11. The van der Waals surface area contributed by atoms with Crippen LogP contribution in [-0.4, -0.2) is 29.6 Å². The van der Waals surface area contributed by atoms with Gasteiger partial charge in [0.2, 0.25) is 0 Å². The first-order valence-corrected chi connectivity index (χ1v) is 8.90. The van der Waals surface area contributed by atoms with Gasteiger partial charge in [-0.3, -0.25) is 4.90 Å². The summed E-state index contributed by atoms with van der Waals surface area (Å²) in [6.07, 6.45) is 2.41. The zero-order chi connectivity index (χ0) is 14.8. The minimum absolute atomic E-state index is 0.250. The van der Waals surface area contributed by atoms with E-state index in [4.69, 9.17) is 11.6 Å². The van der Waals surface area contributed by atoms with Crippen molar-refractivity contribution in [2.24, 2.45) is 5.92 Å². The highest BCUT2D eigenvalue weighted by Crippen LogP contribution is 2.30. The molecule has 2 rings (SSSR count). The predicted octanol–water partition coefficient (Wildman–Crippen LogP) is 4.39. The maximum absolute atomic E-state index is 6.07. The largest absolute Gasteiger partial charge is 0.311 e. The number of thiophene rings is 1. The molecule has 1 aromatic heterocycles. The van der Waals surface area contributed by atoms with Gasteiger partial charge in [0.05, 0.1) is 4.34 Å². The first kappa shape index (κ1) is 16.3. The minimum Gasteiger partial charge on any atom is -0.311 e. The van der Waals surface area contributed by atoms with Crippen molar-refractivity contribution in [2.45, 2.75) is 58.7 Å². The molecule has 1 aromatic rings. The fraction of sp³-hybridized carbons (Fsp3) is 0.750. The van der Waals surface area contributed by atoms with Gasteiger partial charge < -0.3 is 5.32 Å². The summed E-state index contributed by atoms with van der Waals surface area (Å²) < 4.78 is 0.895. The molecule has 1 N–H and O–H groups in total. The Kier molecular flexibility index (Phi) is 5.52. The van der Waals surface area contributed by atoms with E-state index in [1.54, 1.807) is 11.3 Å². The van der Waals surface area contributed by atoms with Crippen LogP contribution < -0.4 is 5.32 Å². The van der Waals surface area contributed by atoms with E-state index in [1.165, 1.54) is 17.7 Å². The Hall–Kier alpha value is -0.0900. The lowest BCUT2D eigenvalue weighted by Gasteiger charge is -2.49. The number of halogens is 1. The molecule has 4 heteroatoms. The fourth-order valence-electron chi connectivity index (χ4n) is 2.88. The Labute approximate surface area is 132 Å². The van der Waals surface area contributed by atoms with Crippen LogP contribution in [0.2, 0.25) is 4.34 Å². The highest BCUT2D eigenvalue weighted by Gasteiger charge is 2.37. The second-order valence-electron chi connectivity index (χ2n) is 6.31. The van der Waals surface area contributed by atoms with Crippen molar-refractivity contribution in [1.29, 1.82) is 0 Å². The summed E-state index contributed by atoms with van der Waals surface area (Å²) >= 11 is 7.78. The molecule has 0 aliphatic carbocycles. The Balaban J connectivity index is 2.11. The molecule has 0 spiro atoms. The lowest BCUT2D eigenvalue weighted by atomic mass is 9.88. The number of nitrogens with one attached hydrogen (secondary N) is 1. The van der Waals surface area contributed by atoms with Gasteiger partial charge in [0.1, 0.15) is 0 Å². The van der Waals surface area contributed by atoms with E-state index in [0.717, 1.165) is 29.9 Å². The molecule has 1 aliphatic rings. The number of piperazine rings is 1. The number of hydrogen-bond acceptors (Lipinski definition) is 3. The van der Waals surface area contributed by atoms with Gasteiger partial charge in [-0.15, -0.1) is 11.3 Å². The van der Waals surface area contributed by atoms with E-state index < -0.39 is 0 Å². The monoisotopic (exact) mass is 314 g/mol. The van der Waals surface area contributed by atoms with Crippen LogP contribution in [-0.2, 0) is 6.54 Å². The third kappa shape index (κ3) is 3.56. The summed E-state index contributed by atoms with van der Waals surface area (Å²) in [6.45, 7) is 12.5. The highest BCUT2D eigenvalue weighted by molar-refractivity contribution is 7.16. The SMILES string of the molecule is CCC(C)C1CN(Cc2ccc(Cl)s2)C(C)(CC)CN1. The molecule has 3 atom stereocenters. The molecule has 2 heterocycles. The summed E-state index contributed by atoms with van der Waals surface area (Å²) in [5.41, 5.74) is 0.250. The van der Waals surface area contributed by atoms with Crippen molar-refractivity contribution < 1.29 is 0 Å². The van der Waals surface area contributed by atoms with Crippen molar-refractivity contribution >= 4 is 22.9 Å². The van der Waals surface area contributed by atoms with Crippen LogP contribution in [0, 0.1) is 5.92 Å². The molecule has 1 aliphatic heterocycles. The molecule has 2 nitrogen and oxygen atoms in total. The van der Waals surface area contributed by atoms with Gasteiger partial charge in [-0.25, -0.2) is 0 Å². The number of nitrogens with zero attached hydrogens (tertiary/aromatic N) is 1. The molecule has 3 unspecified atom stereocenters. The topological polar surface area (TPSA) is 15.3 Å².